The number of hydrogen-bond acceptors (Lipinski definition) is 4. The Morgan fingerprint density at radius 2 is 1.87 bits per heavy atom. The molecule has 1 aromatic heterocycles. The summed E-state index contributed by atoms with van der Waals surface area (Å²) in [6, 6.07) is 1.79. The van der Waals surface area contributed by atoms with Crippen LogP contribution in [-0.2, 0) is 0 Å². The molecule has 1 N–H and O–H groups in total. The smallest absolute Gasteiger partial charge is 0.225 e. The minimum absolute atomic E-state index is 0.246. The highest BCUT2D eigenvalue weighted by molar-refractivity contribution is 5.31. The molecule has 2 heterocycles. The zero-order valence-electron chi connectivity index (χ0n) is 9.59. The highest BCUT2D eigenvalue weighted by atomic mass is 16.3. The van der Waals surface area contributed by atoms with Gasteiger partial charge in [0.05, 0.1) is 6.10 Å². The van der Waals surface area contributed by atoms with Gasteiger partial charge in [-0.3, -0.25) is 0 Å². The minimum Gasteiger partial charge on any atom is -0.391 e. The Balaban J connectivity index is 0.000000531. The lowest BCUT2D eigenvalue weighted by atomic mass is 10.1. The molecule has 84 valence electrons. The third kappa shape index (κ3) is 2.89. The normalized spacial score (nSPS) is 24.7. The Morgan fingerprint density at radius 1 is 1.27 bits per heavy atom. The fourth-order valence-corrected chi connectivity index (χ4v) is 1.57. The van der Waals surface area contributed by atoms with Crippen molar-refractivity contribution in [3.8, 4) is 0 Å². The van der Waals surface area contributed by atoms with E-state index in [4.69, 9.17) is 0 Å². The van der Waals surface area contributed by atoms with Gasteiger partial charge < -0.3 is 10.0 Å². The Hall–Kier alpha value is -1.16. The van der Waals surface area contributed by atoms with Crippen LogP contribution in [0.15, 0.2) is 18.5 Å². The van der Waals surface area contributed by atoms with Crippen LogP contribution in [0.2, 0.25) is 0 Å². The standard InChI is InChI=1S/C9H13N3O.C2H6/c1-7-5-12(6-8(7)13)9-10-3-2-4-11-9;1-2/h2-4,7-8,13H,5-6H2,1H3;1-2H3/t7-,8+;/m0./s1. The Labute approximate surface area is 91.0 Å². The Morgan fingerprint density at radius 3 is 2.33 bits per heavy atom. The molecule has 0 spiro atoms. The van der Waals surface area contributed by atoms with E-state index in [-0.39, 0.29) is 6.10 Å². The second-order valence-corrected chi connectivity index (χ2v) is 3.50. The molecule has 1 aliphatic heterocycles. The van der Waals surface area contributed by atoms with Crippen LogP contribution in [0.25, 0.3) is 0 Å². The quantitative estimate of drug-likeness (QED) is 0.758. The molecule has 2 atom stereocenters. The maximum absolute atomic E-state index is 9.53. The molecule has 1 aliphatic rings. The summed E-state index contributed by atoms with van der Waals surface area (Å²) >= 11 is 0. The minimum atomic E-state index is -0.246. The van der Waals surface area contributed by atoms with Gasteiger partial charge in [0, 0.05) is 31.4 Å². The van der Waals surface area contributed by atoms with E-state index in [1.54, 1.807) is 18.5 Å². The molecule has 0 bridgehead atoms. The molecule has 1 aromatic rings. The van der Waals surface area contributed by atoms with Crippen LogP contribution in [0.4, 0.5) is 5.95 Å². The number of hydrogen-bond donors (Lipinski definition) is 1. The summed E-state index contributed by atoms with van der Waals surface area (Å²) < 4.78 is 0. The molecule has 1 fully saturated rings. The third-order valence-corrected chi connectivity index (χ3v) is 2.41. The first-order chi connectivity index (χ1) is 7.27. The van der Waals surface area contributed by atoms with Crippen molar-refractivity contribution >= 4 is 5.95 Å². The van der Waals surface area contributed by atoms with Gasteiger partial charge in [-0.25, -0.2) is 9.97 Å². The summed E-state index contributed by atoms with van der Waals surface area (Å²) in [5.41, 5.74) is 0. The van der Waals surface area contributed by atoms with E-state index < -0.39 is 0 Å². The van der Waals surface area contributed by atoms with E-state index in [2.05, 4.69) is 9.97 Å². The van der Waals surface area contributed by atoms with Crippen LogP contribution in [0.3, 0.4) is 0 Å². The van der Waals surface area contributed by atoms with Gasteiger partial charge in [-0.2, -0.15) is 0 Å². The summed E-state index contributed by atoms with van der Waals surface area (Å²) in [5, 5.41) is 9.53. The maximum atomic E-state index is 9.53. The second kappa shape index (κ2) is 5.66. The van der Waals surface area contributed by atoms with Crippen LogP contribution in [0.1, 0.15) is 20.8 Å². The van der Waals surface area contributed by atoms with Crippen molar-refractivity contribution in [3.05, 3.63) is 18.5 Å². The number of aromatic nitrogens is 2. The number of nitrogens with zero attached hydrogens (tertiary/aromatic N) is 3. The maximum Gasteiger partial charge on any atom is 0.225 e. The van der Waals surface area contributed by atoms with Crippen LogP contribution in [-0.4, -0.2) is 34.3 Å². The van der Waals surface area contributed by atoms with Gasteiger partial charge in [-0.1, -0.05) is 20.8 Å². The van der Waals surface area contributed by atoms with Crippen LogP contribution < -0.4 is 4.90 Å². The lowest BCUT2D eigenvalue weighted by Gasteiger charge is -2.14. The average molecular weight is 209 g/mol. The lowest BCUT2D eigenvalue weighted by Crippen LogP contribution is -2.22. The summed E-state index contributed by atoms with van der Waals surface area (Å²) in [6.07, 6.45) is 3.19. The fourth-order valence-electron chi connectivity index (χ4n) is 1.57. The summed E-state index contributed by atoms with van der Waals surface area (Å²) in [5.74, 6) is 1.02. The molecule has 0 amide bonds. The van der Waals surface area contributed by atoms with Crippen molar-refractivity contribution in [1.29, 1.82) is 0 Å². The van der Waals surface area contributed by atoms with Crippen molar-refractivity contribution < 1.29 is 5.11 Å². The van der Waals surface area contributed by atoms with E-state index in [1.807, 2.05) is 25.7 Å². The van der Waals surface area contributed by atoms with E-state index in [9.17, 15) is 5.11 Å². The van der Waals surface area contributed by atoms with Crippen LogP contribution in [0, 0.1) is 5.92 Å². The predicted octanol–water partition coefficient (Wildman–Crippen LogP) is 1.32. The summed E-state index contributed by atoms with van der Waals surface area (Å²) in [7, 11) is 0. The Bertz CT molecular complexity index is 268. The zero-order chi connectivity index (χ0) is 11.3. The van der Waals surface area contributed by atoms with Crippen LogP contribution >= 0.6 is 0 Å². The number of aliphatic hydroxyl groups excluding tert-OH is 1. The molecule has 0 unspecified atom stereocenters. The molecule has 0 radical (unpaired) electrons. The second-order valence-electron chi connectivity index (χ2n) is 3.50. The van der Waals surface area contributed by atoms with Crippen molar-refractivity contribution in [2.24, 2.45) is 5.92 Å². The molecule has 4 nitrogen and oxygen atoms in total. The average Bonchev–Trinajstić information content (AvgIpc) is 2.63. The van der Waals surface area contributed by atoms with Crippen molar-refractivity contribution in [3.63, 3.8) is 0 Å². The number of β-amino-alcohol motifs (C(OH)–C–C–N with tert-alkyl or cyclic N) is 1. The van der Waals surface area contributed by atoms with Crippen molar-refractivity contribution in [2.45, 2.75) is 26.9 Å². The summed E-state index contributed by atoms with van der Waals surface area (Å²) in [4.78, 5) is 10.3. The predicted molar refractivity (Wildman–Crippen MR) is 60.8 cm³/mol. The van der Waals surface area contributed by atoms with E-state index in [0.29, 0.717) is 18.4 Å². The monoisotopic (exact) mass is 209 g/mol. The number of aliphatic hydroxyl groups is 1. The number of rotatable bonds is 1. The molecule has 0 aliphatic carbocycles. The van der Waals surface area contributed by atoms with Gasteiger partial charge in [-0.15, -0.1) is 0 Å². The van der Waals surface area contributed by atoms with Gasteiger partial charge >= 0.3 is 0 Å². The lowest BCUT2D eigenvalue weighted by molar-refractivity contribution is 0.157. The SMILES string of the molecule is CC.C[C@H]1CN(c2ncccn2)C[C@H]1O. The van der Waals surface area contributed by atoms with Crippen molar-refractivity contribution in [1.82, 2.24) is 9.97 Å². The molecule has 2 rings (SSSR count). The highest BCUT2D eigenvalue weighted by Gasteiger charge is 2.28. The van der Waals surface area contributed by atoms with E-state index >= 15 is 0 Å². The molecule has 4 heteroatoms. The first kappa shape index (κ1) is 11.9. The van der Waals surface area contributed by atoms with Crippen molar-refractivity contribution in [2.75, 3.05) is 18.0 Å². The topological polar surface area (TPSA) is 49.2 Å². The Kier molecular flexibility index (Phi) is 4.49. The largest absolute Gasteiger partial charge is 0.391 e. The molecule has 1 saturated heterocycles. The zero-order valence-corrected chi connectivity index (χ0v) is 9.59. The highest BCUT2D eigenvalue weighted by Crippen LogP contribution is 2.19. The van der Waals surface area contributed by atoms with E-state index in [0.717, 1.165) is 6.54 Å². The van der Waals surface area contributed by atoms with Gasteiger partial charge in [0.15, 0.2) is 0 Å². The molecular formula is C11H19N3O. The van der Waals surface area contributed by atoms with Gasteiger partial charge in [0.2, 0.25) is 5.95 Å². The van der Waals surface area contributed by atoms with Gasteiger partial charge in [-0.05, 0) is 6.07 Å². The molecule has 15 heavy (non-hydrogen) atoms. The van der Waals surface area contributed by atoms with Crippen LogP contribution in [0.5, 0.6) is 0 Å². The number of anilines is 1. The third-order valence-electron chi connectivity index (χ3n) is 2.41. The van der Waals surface area contributed by atoms with Gasteiger partial charge in [0.1, 0.15) is 0 Å². The fraction of sp³-hybridized carbons (Fsp3) is 0.636. The molecule has 0 aromatic carbocycles. The molecule has 0 saturated carbocycles. The first-order valence-corrected chi connectivity index (χ1v) is 5.47. The summed E-state index contributed by atoms with van der Waals surface area (Å²) in [6.45, 7) is 7.52. The van der Waals surface area contributed by atoms with E-state index in [1.165, 1.54) is 0 Å². The first-order valence-electron chi connectivity index (χ1n) is 5.47. The van der Waals surface area contributed by atoms with Gasteiger partial charge in [0.25, 0.3) is 0 Å². The molecular weight excluding hydrogens is 190 g/mol.